The average Bonchev–Trinajstić information content (AvgIpc) is 3.84. The number of hydrogen-bond donors (Lipinski definition) is 4. The number of rotatable bonds is 8. The molecule has 6 heterocycles. The van der Waals surface area contributed by atoms with Crippen molar-refractivity contribution in [2.45, 2.75) is 64.2 Å². The molecule has 66 heavy (non-hydrogen) atoms. The number of ether oxygens (including phenoxy) is 2. The summed E-state index contributed by atoms with van der Waals surface area (Å²) < 4.78 is 10.7. The summed E-state index contributed by atoms with van der Waals surface area (Å²) in [5, 5.41) is 29.9. The summed E-state index contributed by atoms with van der Waals surface area (Å²) in [6, 6.07) is 30.8. The number of imidazole rings is 2. The molecule has 0 unspecified atom stereocenters. The molecule has 1 amide bonds. The fourth-order valence-electron chi connectivity index (χ4n) is 8.35. The topological polar surface area (TPSA) is 193 Å². The molecule has 13 nitrogen and oxygen atoms in total. The Morgan fingerprint density at radius 2 is 1.09 bits per heavy atom. The highest BCUT2D eigenvalue weighted by molar-refractivity contribution is 5.96. The molecule has 10 rings (SSSR count). The van der Waals surface area contributed by atoms with Crippen molar-refractivity contribution >= 4 is 24.3 Å². The van der Waals surface area contributed by atoms with E-state index in [1.54, 1.807) is 12.1 Å². The van der Waals surface area contributed by atoms with Crippen LogP contribution >= 0.6 is 12.4 Å². The molecule has 340 valence electrons. The van der Waals surface area contributed by atoms with E-state index in [1.807, 2.05) is 98.5 Å². The van der Waals surface area contributed by atoms with Crippen LogP contribution in [0.4, 0.5) is 0 Å². The number of nitrogens with zero attached hydrogens (tertiary/aromatic N) is 5. The second-order valence-corrected chi connectivity index (χ2v) is 18.3. The van der Waals surface area contributed by atoms with E-state index in [0.29, 0.717) is 62.5 Å². The van der Waals surface area contributed by atoms with Crippen molar-refractivity contribution < 1.29 is 24.2 Å². The van der Waals surface area contributed by atoms with Crippen molar-refractivity contribution in [2.75, 3.05) is 52.6 Å². The minimum Gasteiger partial charge on any atom is -0.478 e. The van der Waals surface area contributed by atoms with Gasteiger partial charge in [0.05, 0.1) is 77.5 Å². The van der Waals surface area contributed by atoms with E-state index in [4.69, 9.17) is 35.1 Å². The first-order valence-corrected chi connectivity index (χ1v) is 21.9. The lowest BCUT2D eigenvalue weighted by Gasteiger charge is -2.39. The molecular formula is C52H55ClN8O5. The molecule has 0 saturated carbocycles. The number of aryl methyl sites for hydroxylation is 4. The average molecular weight is 908 g/mol. The highest BCUT2D eigenvalue weighted by Gasteiger charge is 2.40. The molecule has 0 spiro atoms. The normalized spacial score (nSPS) is 16.7. The molecular weight excluding hydrogens is 852 g/mol. The summed E-state index contributed by atoms with van der Waals surface area (Å²) in [7, 11) is 0. The van der Waals surface area contributed by atoms with Crippen LogP contribution < -0.4 is 5.32 Å². The highest BCUT2D eigenvalue weighted by atomic mass is 35.5. The lowest BCUT2D eigenvalue weighted by atomic mass is 9.88. The first-order chi connectivity index (χ1) is 31.2. The van der Waals surface area contributed by atoms with Crippen molar-refractivity contribution in [3.8, 4) is 34.7 Å². The third-order valence-corrected chi connectivity index (χ3v) is 13.0. The van der Waals surface area contributed by atoms with Gasteiger partial charge in [0, 0.05) is 66.1 Å². The van der Waals surface area contributed by atoms with Gasteiger partial charge in [-0.3, -0.25) is 4.79 Å². The van der Waals surface area contributed by atoms with Crippen molar-refractivity contribution in [2.24, 2.45) is 0 Å². The lowest BCUT2D eigenvalue weighted by Crippen LogP contribution is -2.48. The summed E-state index contributed by atoms with van der Waals surface area (Å²) in [4.78, 5) is 42.5. The summed E-state index contributed by atoms with van der Waals surface area (Å²) >= 11 is 0. The van der Waals surface area contributed by atoms with Gasteiger partial charge in [-0.05, 0) is 112 Å². The highest BCUT2D eigenvalue weighted by Crippen LogP contribution is 2.36. The largest absolute Gasteiger partial charge is 0.478 e. The third-order valence-electron chi connectivity index (χ3n) is 13.0. The monoisotopic (exact) mass is 906 g/mol. The Morgan fingerprint density at radius 1 is 0.667 bits per heavy atom. The Labute approximate surface area is 391 Å². The van der Waals surface area contributed by atoms with Crippen LogP contribution in [-0.4, -0.2) is 94.4 Å². The second-order valence-electron chi connectivity index (χ2n) is 18.3. The van der Waals surface area contributed by atoms with E-state index in [9.17, 15) is 9.59 Å². The number of carbonyl (C=O) groups excluding carboxylic acids is 1. The van der Waals surface area contributed by atoms with Gasteiger partial charge in [-0.1, -0.05) is 36.4 Å². The van der Waals surface area contributed by atoms with E-state index < -0.39 is 5.97 Å². The SMILES string of the molecule is Cc1ccc(C(=O)N2CC(c3ccc(C#N)cc3)C2)cc1-c1nc(C2(C)COC2)[nH]c1C.Cc1ccc(C(=O)O)cc1-c1nc(C2(C)COC2)[nH]c1C.Cl.N#Cc1ccc(C2CNC2)cc1. The number of aromatic amines is 2. The smallest absolute Gasteiger partial charge is 0.335 e. The van der Waals surface area contributed by atoms with Crippen molar-refractivity contribution in [3.63, 3.8) is 0 Å². The van der Waals surface area contributed by atoms with Crippen LogP contribution in [0.25, 0.3) is 22.5 Å². The number of carbonyl (C=O) groups is 2. The van der Waals surface area contributed by atoms with Crippen molar-refractivity contribution in [1.29, 1.82) is 10.5 Å². The zero-order chi connectivity index (χ0) is 46.0. The molecule has 0 atom stereocenters. The number of H-pyrrole nitrogens is 2. The minimum atomic E-state index is -0.927. The molecule has 4 aliphatic rings. The van der Waals surface area contributed by atoms with Crippen LogP contribution in [0.15, 0.2) is 84.9 Å². The molecule has 0 aliphatic carbocycles. The van der Waals surface area contributed by atoms with Gasteiger partial charge in [0.1, 0.15) is 11.6 Å². The number of carboxylic acids is 1. The van der Waals surface area contributed by atoms with Gasteiger partial charge < -0.3 is 34.8 Å². The molecule has 14 heteroatoms. The van der Waals surface area contributed by atoms with Gasteiger partial charge in [-0.15, -0.1) is 12.4 Å². The Bertz CT molecular complexity index is 2820. The van der Waals surface area contributed by atoms with Gasteiger partial charge in [0.15, 0.2) is 0 Å². The molecule has 2 aromatic heterocycles. The zero-order valence-electron chi connectivity index (χ0n) is 38.1. The van der Waals surface area contributed by atoms with Crippen LogP contribution in [0.3, 0.4) is 0 Å². The maximum absolute atomic E-state index is 13.1. The Balaban J connectivity index is 0.000000163. The second kappa shape index (κ2) is 19.5. The summed E-state index contributed by atoms with van der Waals surface area (Å²) in [5.41, 5.74) is 12.4. The number of nitriles is 2. The number of hydrogen-bond acceptors (Lipinski definition) is 9. The minimum absolute atomic E-state index is 0. The van der Waals surface area contributed by atoms with E-state index in [1.165, 1.54) is 11.1 Å². The van der Waals surface area contributed by atoms with Crippen LogP contribution in [0.1, 0.15) is 103 Å². The number of aromatic carboxylic acids is 1. The van der Waals surface area contributed by atoms with Crippen LogP contribution in [-0.2, 0) is 20.3 Å². The van der Waals surface area contributed by atoms with Crippen molar-refractivity contribution in [3.05, 3.63) is 152 Å². The molecule has 0 radical (unpaired) electrons. The first kappa shape index (κ1) is 47.4. The van der Waals surface area contributed by atoms with E-state index in [0.717, 1.165) is 75.3 Å². The molecule has 0 bridgehead atoms. The predicted octanol–water partition coefficient (Wildman–Crippen LogP) is 8.44. The Morgan fingerprint density at radius 3 is 1.47 bits per heavy atom. The quantitative estimate of drug-likeness (QED) is 0.115. The Kier molecular flexibility index (Phi) is 14.0. The van der Waals surface area contributed by atoms with Crippen molar-refractivity contribution in [1.82, 2.24) is 30.2 Å². The molecule has 4 fully saturated rings. The van der Waals surface area contributed by atoms with Gasteiger partial charge in [0.25, 0.3) is 5.91 Å². The molecule has 6 aromatic rings. The van der Waals surface area contributed by atoms with Crippen LogP contribution in [0.5, 0.6) is 0 Å². The first-order valence-electron chi connectivity index (χ1n) is 21.9. The van der Waals surface area contributed by atoms with Gasteiger partial charge in [-0.2, -0.15) is 10.5 Å². The van der Waals surface area contributed by atoms with Gasteiger partial charge in [0.2, 0.25) is 0 Å². The number of likely N-dealkylation sites (tertiary alicyclic amines) is 1. The molecule has 4 saturated heterocycles. The molecule has 4 aromatic carbocycles. The molecule has 4 N–H and O–H groups in total. The third kappa shape index (κ3) is 9.67. The zero-order valence-corrected chi connectivity index (χ0v) is 38.9. The number of halogens is 1. The summed E-state index contributed by atoms with van der Waals surface area (Å²) in [6.45, 7) is 18.5. The number of benzene rings is 4. The van der Waals surface area contributed by atoms with Gasteiger partial charge >= 0.3 is 5.97 Å². The van der Waals surface area contributed by atoms with Crippen LogP contribution in [0.2, 0.25) is 0 Å². The Hall–Kier alpha value is -6.61. The predicted molar refractivity (Wildman–Crippen MR) is 254 cm³/mol. The van der Waals surface area contributed by atoms with Gasteiger partial charge in [-0.25, -0.2) is 14.8 Å². The number of amides is 1. The maximum Gasteiger partial charge on any atom is 0.335 e. The van der Waals surface area contributed by atoms with Crippen LogP contribution in [0, 0.1) is 50.4 Å². The summed E-state index contributed by atoms with van der Waals surface area (Å²) in [6.07, 6.45) is 0. The number of nitrogens with one attached hydrogen (secondary N) is 3. The van der Waals surface area contributed by atoms with E-state index in [-0.39, 0.29) is 34.7 Å². The maximum atomic E-state index is 13.1. The lowest BCUT2D eigenvalue weighted by molar-refractivity contribution is -0.0539. The van der Waals surface area contributed by atoms with E-state index >= 15 is 0 Å². The fourth-order valence-corrected chi connectivity index (χ4v) is 8.35. The standard InChI is InChI=1S/C26H26N4O2.C16H18N2O3.C10H10N2.ClH/c1-16-4-7-20(10-22(16)23-17(2)28-25(29-23)26(3)14-32-15-26)24(31)30-12-21(13-30)19-8-5-18(11-27)6-9-19;1-9-4-5-11(14(19)20)6-12(9)13-10(2)17-15(18-13)16(3)7-21-8-16;11-5-8-1-3-9(4-2-8)10-6-12-7-10;/h4-10,21H,12-15H2,1-3H3,(H,28,29);4-6H,7-8H2,1-3H3,(H,17,18)(H,19,20);1-4,10,12H,6-7H2;1H. The number of carboxylic acid groups (broad SMARTS) is 1. The number of aromatic nitrogens is 4. The fraction of sp³-hybridized carbons (Fsp3) is 0.346. The summed E-state index contributed by atoms with van der Waals surface area (Å²) in [5.74, 6) is 1.95. The van der Waals surface area contributed by atoms with E-state index in [2.05, 4.69) is 48.2 Å². The molecule has 4 aliphatic heterocycles.